The van der Waals surface area contributed by atoms with Crippen molar-refractivity contribution in [3.05, 3.63) is 0 Å². The molecule has 0 amide bonds. The lowest BCUT2D eigenvalue weighted by Gasteiger charge is -2.24. The fraction of sp³-hybridized carbons (Fsp3) is 1.00. The molecule has 0 aliphatic heterocycles. The van der Waals surface area contributed by atoms with Gasteiger partial charge in [0.2, 0.25) is 0 Å². The molecule has 0 aromatic carbocycles. The van der Waals surface area contributed by atoms with Crippen molar-refractivity contribution in [3.63, 3.8) is 0 Å². The second-order valence-corrected chi connectivity index (χ2v) is 4.45. The topological polar surface area (TPSA) is 41.5 Å². The molecule has 0 atom stereocenters. The zero-order valence-electron chi connectivity index (χ0n) is 10.7. The number of rotatable bonds is 9. The van der Waals surface area contributed by atoms with Crippen LogP contribution in [-0.4, -0.2) is 36.5 Å². The van der Waals surface area contributed by atoms with Crippen LogP contribution in [0.3, 0.4) is 0 Å². The molecule has 0 spiro atoms. The van der Waals surface area contributed by atoms with E-state index < -0.39 is 5.60 Å². The molecule has 92 valence electrons. The summed E-state index contributed by atoms with van der Waals surface area (Å²) in [4.78, 5) is 0. The van der Waals surface area contributed by atoms with Crippen molar-refractivity contribution in [1.29, 1.82) is 0 Å². The van der Waals surface area contributed by atoms with Crippen molar-refractivity contribution in [2.24, 2.45) is 0 Å². The standard InChI is InChI=1S/C12H27NO2/c1-5-12(14,6-2)10-15-9-7-8-13-11(3)4/h11,13-14H,5-10H2,1-4H3. The third-order valence-electron chi connectivity index (χ3n) is 2.71. The highest BCUT2D eigenvalue weighted by Crippen LogP contribution is 2.14. The van der Waals surface area contributed by atoms with Gasteiger partial charge in [-0.25, -0.2) is 0 Å². The van der Waals surface area contributed by atoms with Gasteiger partial charge in [-0.1, -0.05) is 27.7 Å². The van der Waals surface area contributed by atoms with Crippen LogP contribution < -0.4 is 5.32 Å². The van der Waals surface area contributed by atoms with Crippen molar-refractivity contribution in [2.45, 2.75) is 58.6 Å². The van der Waals surface area contributed by atoms with Gasteiger partial charge in [0, 0.05) is 12.6 Å². The summed E-state index contributed by atoms with van der Waals surface area (Å²) in [7, 11) is 0. The first-order valence-corrected chi connectivity index (χ1v) is 6.07. The Kier molecular flexibility index (Phi) is 8.02. The van der Waals surface area contributed by atoms with Crippen LogP contribution in [0.25, 0.3) is 0 Å². The van der Waals surface area contributed by atoms with Crippen LogP contribution in [0.1, 0.15) is 47.0 Å². The molecule has 2 N–H and O–H groups in total. The summed E-state index contributed by atoms with van der Waals surface area (Å²) >= 11 is 0. The van der Waals surface area contributed by atoms with E-state index in [1.54, 1.807) is 0 Å². The average molecular weight is 217 g/mol. The summed E-state index contributed by atoms with van der Waals surface area (Å²) in [6, 6.07) is 0.535. The van der Waals surface area contributed by atoms with E-state index >= 15 is 0 Å². The lowest BCUT2D eigenvalue weighted by Crippen LogP contribution is -2.33. The van der Waals surface area contributed by atoms with Gasteiger partial charge in [-0.05, 0) is 25.8 Å². The van der Waals surface area contributed by atoms with E-state index in [0.717, 1.165) is 32.4 Å². The molecule has 0 aromatic rings. The van der Waals surface area contributed by atoms with Gasteiger partial charge in [0.1, 0.15) is 0 Å². The Labute approximate surface area is 94.2 Å². The number of ether oxygens (including phenoxy) is 1. The van der Waals surface area contributed by atoms with Crippen LogP contribution in [0.5, 0.6) is 0 Å². The Hall–Kier alpha value is -0.120. The van der Waals surface area contributed by atoms with Crippen LogP contribution in [0.15, 0.2) is 0 Å². The lowest BCUT2D eigenvalue weighted by atomic mass is 9.99. The summed E-state index contributed by atoms with van der Waals surface area (Å²) in [5.74, 6) is 0. The number of hydrogen-bond donors (Lipinski definition) is 2. The Morgan fingerprint density at radius 2 is 1.87 bits per heavy atom. The number of hydrogen-bond acceptors (Lipinski definition) is 3. The fourth-order valence-electron chi connectivity index (χ4n) is 1.28. The van der Waals surface area contributed by atoms with E-state index in [1.165, 1.54) is 0 Å². The molecule has 3 heteroatoms. The van der Waals surface area contributed by atoms with Crippen molar-refractivity contribution >= 4 is 0 Å². The summed E-state index contributed by atoms with van der Waals surface area (Å²) < 4.78 is 5.47. The minimum atomic E-state index is -0.620. The predicted octanol–water partition coefficient (Wildman–Crippen LogP) is 1.94. The zero-order valence-corrected chi connectivity index (χ0v) is 10.7. The SMILES string of the molecule is CCC(O)(CC)COCCCNC(C)C. The maximum Gasteiger partial charge on any atom is 0.0874 e. The molecule has 0 rings (SSSR count). The van der Waals surface area contributed by atoms with Crippen molar-refractivity contribution < 1.29 is 9.84 Å². The lowest BCUT2D eigenvalue weighted by molar-refractivity contribution is -0.0514. The van der Waals surface area contributed by atoms with Gasteiger partial charge in [0.15, 0.2) is 0 Å². The number of nitrogens with one attached hydrogen (secondary N) is 1. The van der Waals surface area contributed by atoms with Gasteiger partial charge >= 0.3 is 0 Å². The van der Waals surface area contributed by atoms with Gasteiger partial charge in [-0.2, -0.15) is 0 Å². The average Bonchev–Trinajstić information content (AvgIpc) is 2.22. The van der Waals surface area contributed by atoms with Crippen molar-refractivity contribution in [1.82, 2.24) is 5.32 Å². The minimum absolute atomic E-state index is 0.460. The third kappa shape index (κ3) is 7.77. The molecular weight excluding hydrogens is 190 g/mol. The highest BCUT2D eigenvalue weighted by Gasteiger charge is 2.21. The van der Waals surface area contributed by atoms with Gasteiger partial charge < -0.3 is 15.2 Å². The summed E-state index contributed by atoms with van der Waals surface area (Å²) in [6.07, 6.45) is 2.52. The molecule has 0 fully saturated rings. The highest BCUT2D eigenvalue weighted by atomic mass is 16.5. The first-order chi connectivity index (χ1) is 7.04. The smallest absolute Gasteiger partial charge is 0.0874 e. The van der Waals surface area contributed by atoms with E-state index in [9.17, 15) is 5.11 Å². The number of aliphatic hydroxyl groups is 1. The molecule has 0 heterocycles. The third-order valence-corrected chi connectivity index (χ3v) is 2.71. The summed E-state index contributed by atoms with van der Waals surface area (Å²) in [5.41, 5.74) is -0.620. The molecule has 0 saturated carbocycles. The molecule has 0 unspecified atom stereocenters. The molecule has 0 aliphatic carbocycles. The molecule has 15 heavy (non-hydrogen) atoms. The molecule has 0 bridgehead atoms. The van der Waals surface area contributed by atoms with Gasteiger partial charge in [-0.15, -0.1) is 0 Å². The fourth-order valence-corrected chi connectivity index (χ4v) is 1.28. The quantitative estimate of drug-likeness (QED) is 0.580. The van der Waals surface area contributed by atoms with Gasteiger partial charge in [-0.3, -0.25) is 0 Å². The molecule has 3 nitrogen and oxygen atoms in total. The summed E-state index contributed by atoms with van der Waals surface area (Å²) in [5, 5.41) is 13.3. The first kappa shape index (κ1) is 14.9. The monoisotopic (exact) mass is 217 g/mol. The second-order valence-electron chi connectivity index (χ2n) is 4.45. The minimum Gasteiger partial charge on any atom is -0.388 e. The van der Waals surface area contributed by atoms with E-state index in [0.29, 0.717) is 12.6 Å². The first-order valence-electron chi connectivity index (χ1n) is 6.07. The Morgan fingerprint density at radius 3 is 2.33 bits per heavy atom. The highest BCUT2D eigenvalue weighted by molar-refractivity contribution is 4.73. The van der Waals surface area contributed by atoms with Crippen LogP contribution in [0.2, 0.25) is 0 Å². The maximum atomic E-state index is 9.93. The summed E-state index contributed by atoms with van der Waals surface area (Å²) in [6.45, 7) is 10.4. The van der Waals surface area contributed by atoms with Crippen LogP contribution in [0.4, 0.5) is 0 Å². The maximum absolute atomic E-state index is 9.93. The Balaban J connectivity index is 3.37. The Morgan fingerprint density at radius 1 is 1.27 bits per heavy atom. The molecule has 0 radical (unpaired) electrons. The van der Waals surface area contributed by atoms with Crippen LogP contribution in [0, 0.1) is 0 Å². The van der Waals surface area contributed by atoms with Crippen LogP contribution in [-0.2, 0) is 4.74 Å². The van der Waals surface area contributed by atoms with Crippen molar-refractivity contribution in [3.8, 4) is 0 Å². The zero-order chi connectivity index (χ0) is 11.7. The normalized spacial score (nSPS) is 12.4. The van der Waals surface area contributed by atoms with Crippen LogP contribution >= 0.6 is 0 Å². The molecular formula is C12H27NO2. The Bertz CT molecular complexity index is 145. The second kappa shape index (κ2) is 8.08. The van der Waals surface area contributed by atoms with E-state index in [-0.39, 0.29) is 0 Å². The molecule has 0 aromatic heterocycles. The van der Waals surface area contributed by atoms with Crippen molar-refractivity contribution in [2.75, 3.05) is 19.8 Å². The van der Waals surface area contributed by atoms with E-state index in [1.807, 2.05) is 13.8 Å². The molecule has 0 aliphatic rings. The largest absolute Gasteiger partial charge is 0.388 e. The van der Waals surface area contributed by atoms with E-state index in [2.05, 4.69) is 19.2 Å². The van der Waals surface area contributed by atoms with Gasteiger partial charge in [0.05, 0.1) is 12.2 Å². The van der Waals surface area contributed by atoms with Gasteiger partial charge in [0.25, 0.3) is 0 Å². The molecule has 0 saturated heterocycles. The predicted molar refractivity (Wildman–Crippen MR) is 64.1 cm³/mol. The van der Waals surface area contributed by atoms with E-state index in [4.69, 9.17) is 4.74 Å².